The van der Waals surface area contributed by atoms with Gasteiger partial charge in [-0.3, -0.25) is 0 Å². The molecule has 3 nitrogen and oxygen atoms in total. The summed E-state index contributed by atoms with van der Waals surface area (Å²) in [7, 11) is 0. The minimum Gasteiger partial charge on any atom is -0.437 e. The van der Waals surface area contributed by atoms with Gasteiger partial charge in [-0.15, -0.1) is 0 Å². The van der Waals surface area contributed by atoms with E-state index >= 15 is 0 Å². The van der Waals surface area contributed by atoms with Crippen molar-refractivity contribution in [1.29, 1.82) is 0 Å². The molecule has 1 saturated carbocycles. The SMILES string of the molecule is Cc1c(Cl)nc(C2CC2)nc1Oc1cccc(Cl)c1Cl. The number of benzene rings is 1. The molecular weight excluding hydrogens is 319 g/mol. The van der Waals surface area contributed by atoms with Crippen molar-refractivity contribution in [2.24, 2.45) is 0 Å². The molecule has 1 fully saturated rings. The highest BCUT2D eigenvalue weighted by atomic mass is 35.5. The van der Waals surface area contributed by atoms with E-state index in [9.17, 15) is 0 Å². The van der Waals surface area contributed by atoms with E-state index in [4.69, 9.17) is 39.5 Å². The van der Waals surface area contributed by atoms with Crippen molar-refractivity contribution >= 4 is 34.8 Å². The third-order valence-corrected chi connectivity index (χ3v) is 4.29. The zero-order valence-corrected chi connectivity index (χ0v) is 12.9. The average molecular weight is 330 g/mol. The van der Waals surface area contributed by atoms with Crippen molar-refractivity contribution in [2.45, 2.75) is 25.7 Å². The van der Waals surface area contributed by atoms with E-state index in [2.05, 4.69) is 9.97 Å². The van der Waals surface area contributed by atoms with Crippen LogP contribution < -0.4 is 4.74 Å². The molecule has 0 aliphatic heterocycles. The molecule has 0 atom stereocenters. The van der Waals surface area contributed by atoms with Crippen LogP contribution in [0.5, 0.6) is 11.6 Å². The van der Waals surface area contributed by atoms with Gasteiger partial charge in [-0.05, 0) is 31.9 Å². The molecule has 1 heterocycles. The maximum Gasteiger partial charge on any atom is 0.227 e. The second-order valence-corrected chi connectivity index (χ2v) is 5.87. The lowest BCUT2D eigenvalue weighted by Gasteiger charge is -2.11. The van der Waals surface area contributed by atoms with E-state index in [0.717, 1.165) is 18.7 Å². The van der Waals surface area contributed by atoms with Crippen LogP contribution in [0.15, 0.2) is 18.2 Å². The topological polar surface area (TPSA) is 35.0 Å². The first-order chi connectivity index (χ1) is 9.56. The Labute approximate surface area is 131 Å². The van der Waals surface area contributed by atoms with Gasteiger partial charge in [0.1, 0.15) is 21.7 Å². The Bertz CT molecular complexity index is 672. The first-order valence-corrected chi connectivity index (χ1v) is 7.35. The summed E-state index contributed by atoms with van der Waals surface area (Å²) in [6.07, 6.45) is 2.19. The maximum atomic E-state index is 6.14. The Hall–Kier alpha value is -1.03. The molecule has 0 radical (unpaired) electrons. The van der Waals surface area contributed by atoms with Gasteiger partial charge < -0.3 is 4.74 Å². The van der Waals surface area contributed by atoms with Crippen LogP contribution in [0.4, 0.5) is 0 Å². The molecule has 0 saturated heterocycles. The molecule has 6 heteroatoms. The quantitative estimate of drug-likeness (QED) is 0.706. The average Bonchev–Trinajstić information content (AvgIpc) is 3.24. The second kappa shape index (κ2) is 5.40. The molecule has 0 unspecified atom stereocenters. The van der Waals surface area contributed by atoms with Crippen molar-refractivity contribution in [3.63, 3.8) is 0 Å². The largest absolute Gasteiger partial charge is 0.437 e. The molecule has 104 valence electrons. The summed E-state index contributed by atoms with van der Waals surface area (Å²) in [4.78, 5) is 8.73. The number of halogens is 3. The number of nitrogens with zero attached hydrogens (tertiary/aromatic N) is 2. The fraction of sp³-hybridized carbons (Fsp3) is 0.286. The highest BCUT2D eigenvalue weighted by Gasteiger charge is 2.28. The third kappa shape index (κ3) is 2.71. The molecule has 3 rings (SSSR count). The number of hydrogen-bond donors (Lipinski definition) is 0. The van der Waals surface area contributed by atoms with Crippen LogP contribution in [0.1, 0.15) is 30.1 Å². The molecule has 0 spiro atoms. The van der Waals surface area contributed by atoms with E-state index in [0.29, 0.717) is 38.3 Å². The fourth-order valence-corrected chi connectivity index (χ4v) is 2.27. The van der Waals surface area contributed by atoms with Gasteiger partial charge >= 0.3 is 0 Å². The van der Waals surface area contributed by atoms with Crippen molar-refractivity contribution in [3.05, 3.63) is 44.8 Å². The minimum absolute atomic E-state index is 0.358. The van der Waals surface area contributed by atoms with Crippen LogP contribution in [0.2, 0.25) is 15.2 Å². The molecule has 0 bridgehead atoms. The number of ether oxygens (including phenoxy) is 1. The molecule has 0 N–H and O–H groups in total. The van der Waals surface area contributed by atoms with Crippen LogP contribution in [0, 0.1) is 6.92 Å². The third-order valence-electron chi connectivity index (χ3n) is 3.12. The Balaban J connectivity index is 1.99. The van der Waals surface area contributed by atoms with Crippen LogP contribution in [-0.4, -0.2) is 9.97 Å². The summed E-state index contributed by atoms with van der Waals surface area (Å²) in [5, 5.41) is 1.20. The minimum atomic E-state index is 0.358. The van der Waals surface area contributed by atoms with Crippen molar-refractivity contribution < 1.29 is 4.74 Å². The molecule has 20 heavy (non-hydrogen) atoms. The van der Waals surface area contributed by atoms with E-state index in [1.54, 1.807) is 18.2 Å². The summed E-state index contributed by atoms with van der Waals surface area (Å²) >= 11 is 18.2. The second-order valence-electron chi connectivity index (χ2n) is 4.73. The lowest BCUT2D eigenvalue weighted by atomic mass is 10.3. The van der Waals surface area contributed by atoms with Gasteiger partial charge in [-0.2, -0.15) is 4.98 Å². The highest BCUT2D eigenvalue weighted by molar-refractivity contribution is 6.42. The smallest absolute Gasteiger partial charge is 0.227 e. The predicted octanol–water partition coefficient (Wildman–Crippen LogP) is 5.41. The Kier molecular flexibility index (Phi) is 3.76. The van der Waals surface area contributed by atoms with Crippen LogP contribution in [0.25, 0.3) is 0 Å². The number of aromatic nitrogens is 2. The van der Waals surface area contributed by atoms with Gasteiger partial charge in [-0.1, -0.05) is 40.9 Å². The summed E-state index contributed by atoms with van der Waals surface area (Å²) in [6, 6.07) is 5.20. The van der Waals surface area contributed by atoms with Crippen LogP contribution >= 0.6 is 34.8 Å². The lowest BCUT2D eigenvalue weighted by molar-refractivity contribution is 0.454. The summed E-state index contributed by atoms with van der Waals surface area (Å²) < 4.78 is 5.77. The van der Waals surface area contributed by atoms with E-state index in [-0.39, 0.29) is 0 Å². The number of hydrogen-bond acceptors (Lipinski definition) is 3. The van der Waals surface area contributed by atoms with Gasteiger partial charge in [-0.25, -0.2) is 4.98 Å². The summed E-state index contributed by atoms with van der Waals surface area (Å²) in [6.45, 7) is 1.81. The predicted molar refractivity (Wildman–Crippen MR) is 80.3 cm³/mol. The van der Waals surface area contributed by atoms with Gasteiger partial charge in [0.05, 0.1) is 5.02 Å². The first-order valence-electron chi connectivity index (χ1n) is 6.22. The van der Waals surface area contributed by atoms with Crippen molar-refractivity contribution in [3.8, 4) is 11.6 Å². The monoisotopic (exact) mass is 328 g/mol. The van der Waals surface area contributed by atoms with Crippen molar-refractivity contribution in [2.75, 3.05) is 0 Å². The Morgan fingerprint density at radius 2 is 1.90 bits per heavy atom. The Morgan fingerprint density at radius 3 is 2.60 bits per heavy atom. The summed E-state index contributed by atoms with van der Waals surface area (Å²) in [5.74, 6) is 2.01. The van der Waals surface area contributed by atoms with Crippen LogP contribution in [-0.2, 0) is 0 Å². The zero-order chi connectivity index (χ0) is 14.3. The van der Waals surface area contributed by atoms with Crippen LogP contribution in [0.3, 0.4) is 0 Å². The van der Waals surface area contributed by atoms with Gasteiger partial charge in [0.15, 0.2) is 0 Å². The molecule has 0 amide bonds. The molecule has 1 aromatic carbocycles. The normalized spacial score (nSPS) is 14.4. The standard InChI is InChI=1S/C14H11Cl3N2O/c1-7-12(17)18-13(8-5-6-8)19-14(7)20-10-4-2-3-9(15)11(10)16/h2-4,8H,5-6H2,1H3. The summed E-state index contributed by atoms with van der Waals surface area (Å²) in [5.41, 5.74) is 0.687. The van der Waals surface area contributed by atoms with E-state index < -0.39 is 0 Å². The highest BCUT2D eigenvalue weighted by Crippen LogP contribution is 2.41. The van der Waals surface area contributed by atoms with Gasteiger partial charge in [0.2, 0.25) is 5.88 Å². The Morgan fingerprint density at radius 1 is 1.15 bits per heavy atom. The lowest BCUT2D eigenvalue weighted by Crippen LogP contribution is -2.00. The number of rotatable bonds is 3. The van der Waals surface area contributed by atoms with E-state index in [1.165, 1.54) is 0 Å². The van der Waals surface area contributed by atoms with Gasteiger partial charge in [0, 0.05) is 11.5 Å². The van der Waals surface area contributed by atoms with Crippen molar-refractivity contribution in [1.82, 2.24) is 9.97 Å². The molecule has 2 aromatic rings. The molecular formula is C14H11Cl3N2O. The van der Waals surface area contributed by atoms with E-state index in [1.807, 2.05) is 6.92 Å². The van der Waals surface area contributed by atoms with Gasteiger partial charge in [0.25, 0.3) is 0 Å². The fourth-order valence-electron chi connectivity index (χ4n) is 1.78. The molecule has 1 aliphatic carbocycles. The molecule has 1 aromatic heterocycles. The molecule has 1 aliphatic rings. The zero-order valence-electron chi connectivity index (χ0n) is 10.7. The first kappa shape index (κ1) is 13.9. The maximum absolute atomic E-state index is 6.14.